The highest BCUT2D eigenvalue weighted by molar-refractivity contribution is 7.80. The summed E-state index contributed by atoms with van der Waals surface area (Å²) in [5.41, 5.74) is 0.579. The molecule has 11 heteroatoms. The average Bonchev–Trinajstić information content (AvgIpc) is 3.15. The Kier molecular flexibility index (Phi) is 6.20. The predicted octanol–water partition coefficient (Wildman–Crippen LogP) is 4.75. The van der Waals surface area contributed by atoms with Crippen LogP contribution in [0.5, 0.6) is 5.75 Å². The number of nitrogens with one attached hydrogen (secondary N) is 2. The molecule has 0 aliphatic heterocycles. The summed E-state index contributed by atoms with van der Waals surface area (Å²) in [6.45, 7) is 1.22. The summed E-state index contributed by atoms with van der Waals surface area (Å²) < 4.78 is 73.7. The summed E-state index contributed by atoms with van der Waals surface area (Å²) in [5.74, 6) is -9.27. The summed E-state index contributed by atoms with van der Waals surface area (Å²) in [6, 6.07) is 6.86. The number of hydrogen-bond donors (Lipinski definition) is 2. The highest BCUT2D eigenvalue weighted by Crippen LogP contribution is 2.26. The number of methoxy groups -OCH3 is 1. The zero-order chi connectivity index (χ0) is 22.0. The lowest BCUT2D eigenvalue weighted by molar-refractivity contribution is 0.367. The Morgan fingerprint density at radius 2 is 1.63 bits per heavy atom. The largest absolute Gasteiger partial charge is 0.495 e. The lowest BCUT2D eigenvalue weighted by Crippen LogP contribution is -2.20. The van der Waals surface area contributed by atoms with Gasteiger partial charge in [-0.2, -0.15) is 5.10 Å². The van der Waals surface area contributed by atoms with Crippen molar-refractivity contribution in [3.05, 3.63) is 70.7 Å². The van der Waals surface area contributed by atoms with Crippen LogP contribution in [-0.2, 0) is 6.54 Å². The molecule has 0 amide bonds. The molecule has 2 N–H and O–H groups in total. The third-order valence-corrected chi connectivity index (χ3v) is 4.31. The van der Waals surface area contributed by atoms with Crippen molar-refractivity contribution in [2.45, 2.75) is 13.5 Å². The molecule has 2 aromatic carbocycles. The van der Waals surface area contributed by atoms with E-state index in [-0.39, 0.29) is 10.9 Å². The maximum absolute atomic E-state index is 13.8. The highest BCUT2D eigenvalue weighted by Gasteiger charge is 2.25. The first-order valence-electron chi connectivity index (χ1n) is 8.47. The molecule has 0 saturated heterocycles. The average molecular weight is 442 g/mol. The third kappa shape index (κ3) is 4.35. The van der Waals surface area contributed by atoms with Gasteiger partial charge in [0.2, 0.25) is 5.82 Å². The van der Waals surface area contributed by atoms with Crippen LogP contribution in [0.3, 0.4) is 0 Å². The van der Waals surface area contributed by atoms with E-state index in [1.807, 2.05) is 19.1 Å². The van der Waals surface area contributed by atoms with Gasteiger partial charge in [0.05, 0.1) is 24.9 Å². The minimum absolute atomic E-state index is 0.153. The number of aryl methyl sites for hydroxylation is 1. The molecule has 3 aromatic rings. The second kappa shape index (κ2) is 8.66. The molecule has 0 radical (unpaired) electrons. The Hall–Kier alpha value is -3.21. The van der Waals surface area contributed by atoms with E-state index in [0.29, 0.717) is 11.4 Å². The van der Waals surface area contributed by atoms with Gasteiger partial charge in [-0.15, -0.1) is 0 Å². The Bertz CT molecular complexity index is 1090. The molecule has 5 nitrogen and oxygen atoms in total. The van der Waals surface area contributed by atoms with Crippen molar-refractivity contribution in [2.24, 2.45) is 0 Å². The van der Waals surface area contributed by atoms with E-state index in [2.05, 4.69) is 15.7 Å². The number of rotatable bonds is 5. The van der Waals surface area contributed by atoms with Gasteiger partial charge >= 0.3 is 0 Å². The number of nitrogens with zero attached hydrogens (tertiary/aromatic N) is 2. The lowest BCUT2D eigenvalue weighted by atomic mass is 10.1. The molecule has 0 fully saturated rings. The summed E-state index contributed by atoms with van der Waals surface area (Å²) >= 11 is 5.21. The molecule has 0 spiro atoms. The Morgan fingerprint density at radius 1 is 1.00 bits per heavy atom. The third-order valence-electron chi connectivity index (χ3n) is 4.11. The topological polar surface area (TPSA) is 51.1 Å². The first kappa shape index (κ1) is 21.5. The normalized spacial score (nSPS) is 10.8. The quantitative estimate of drug-likeness (QED) is 0.259. The molecule has 1 aromatic heterocycles. The first-order chi connectivity index (χ1) is 14.2. The van der Waals surface area contributed by atoms with Crippen LogP contribution in [0.25, 0.3) is 0 Å². The van der Waals surface area contributed by atoms with Gasteiger partial charge < -0.3 is 15.4 Å². The van der Waals surface area contributed by atoms with Crippen molar-refractivity contribution in [2.75, 3.05) is 17.7 Å². The number of halogens is 5. The number of benzene rings is 2. The second-order valence-electron chi connectivity index (χ2n) is 6.23. The molecule has 30 heavy (non-hydrogen) atoms. The fraction of sp³-hybridized carbons (Fsp3) is 0.158. The van der Waals surface area contributed by atoms with Crippen molar-refractivity contribution in [3.8, 4) is 5.75 Å². The zero-order valence-electron chi connectivity index (χ0n) is 15.7. The smallest absolute Gasteiger partial charge is 0.200 e. The predicted molar refractivity (Wildman–Crippen MR) is 105 cm³/mol. The van der Waals surface area contributed by atoms with E-state index in [0.717, 1.165) is 10.2 Å². The van der Waals surface area contributed by atoms with Crippen molar-refractivity contribution < 1.29 is 26.7 Å². The molecule has 0 bridgehead atoms. The number of thiocarbonyl (C=S) groups is 1. The van der Waals surface area contributed by atoms with E-state index in [1.54, 1.807) is 6.07 Å². The van der Waals surface area contributed by atoms with E-state index in [1.165, 1.54) is 19.4 Å². The molecule has 0 aliphatic rings. The molecule has 1 heterocycles. The number of anilines is 2. The summed E-state index contributed by atoms with van der Waals surface area (Å²) in [5, 5.41) is 9.84. The van der Waals surface area contributed by atoms with E-state index in [9.17, 15) is 22.0 Å². The molecule has 0 atom stereocenters. The lowest BCUT2D eigenvalue weighted by Gasteiger charge is -2.13. The van der Waals surface area contributed by atoms with Crippen molar-refractivity contribution in [1.82, 2.24) is 9.78 Å². The monoisotopic (exact) mass is 442 g/mol. The Morgan fingerprint density at radius 3 is 2.27 bits per heavy atom. The first-order valence-corrected chi connectivity index (χ1v) is 8.88. The van der Waals surface area contributed by atoms with Crippen molar-refractivity contribution >= 4 is 28.8 Å². The SMILES string of the molecule is COc1ccc(C)cc1NC(=S)Nc1ccn(Cc2c(F)c(F)c(F)c(F)c2F)n1. The zero-order valence-corrected chi connectivity index (χ0v) is 16.5. The van der Waals surface area contributed by atoms with Crippen molar-refractivity contribution in [1.29, 1.82) is 0 Å². The fourth-order valence-electron chi connectivity index (χ4n) is 2.66. The highest BCUT2D eigenvalue weighted by atomic mass is 32.1. The number of ether oxygens (including phenoxy) is 1. The van der Waals surface area contributed by atoms with Gasteiger partial charge in [-0.3, -0.25) is 4.68 Å². The summed E-state index contributed by atoms with van der Waals surface area (Å²) in [4.78, 5) is 0. The van der Waals surface area contributed by atoms with Crippen LogP contribution < -0.4 is 15.4 Å². The molecular formula is C19H15F5N4OS. The van der Waals surface area contributed by atoms with Gasteiger partial charge in [0, 0.05) is 12.3 Å². The second-order valence-corrected chi connectivity index (χ2v) is 6.64. The van der Waals surface area contributed by atoms with Crippen LogP contribution >= 0.6 is 12.2 Å². The van der Waals surface area contributed by atoms with Crippen LogP contribution in [-0.4, -0.2) is 22.0 Å². The maximum Gasteiger partial charge on any atom is 0.200 e. The molecule has 0 aliphatic carbocycles. The van der Waals surface area contributed by atoms with Gasteiger partial charge in [-0.05, 0) is 36.8 Å². The van der Waals surface area contributed by atoms with Crippen LogP contribution in [0.1, 0.15) is 11.1 Å². The van der Waals surface area contributed by atoms with Gasteiger partial charge in [-0.25, -0.2) is 22.0 Å². The van der Waals surface area contributed by atoms with Crippen molar-refractivity contribution in [3.63, 3.8) is 0 Å². The van der Waals surface area contributed by atoms with Gasteiger partial charge in [0.15, 0.2) is 34.2 Å². The minimum atomic E-state index is -2.21. The molecular weight excluding hydrogens is 427 g/mol. The van der Waals surface area contributed by atoms with Crippen LogP contribution in [0.15, 0.2) is 30.5 Å². The standard InChI is InChI=1S/C19H15F5N4OS/c1-9-3-4-12(29-2)11(7-9)25-19(30)26-13-5-6-28(27-13)8-10-14(20)16(22)18(24)17(23)15(10)21/h3-7H,8H2,1-2H3,(H2,25,26,27,30). The molecule has 0 unspecified atom stereocenters. The maximum atomic E-state index is 13.8. The minimum Gasteiger partial charge on any atom is -0.495 e. The van der Waals surface area contributed by atoms with Gasteiger partial charge in [0.25, 0.3) is 0 Å². The summed E-state index contributed by atoms with van der Waals surface area (Å²) in [6.07, 6.45) is 1.30. The fourth-order valence-corrected chi connectivity index (χ4v) is 2.87. The van der Waals surface area contributed by atoms with Crippen LogP contribution in [0, 0.1) is 36.0 Å². The van der Waals surface area contributed by atoms with Gasteiger partial charge in [0.1, 0.15) is 5.75 Å². The number of aromatic nitrogens is 2. The molecule has 3 rings (SSSR count). The Labute approximate surface area is 173 Å². The van der Waals surface area contributed by atoms with E-state index in [4.69, 9.17) is 17.0 Å². The molecule has 0 saturated carbocycles. The Balaban J connectivity index is 1.74. The number of hydrogen-bond acceptors (Lipinski definition) is 3. The summed E-state index contributed by atoms with van der Waals surface area (Å²) in [7, 11) is 1.51. The van der Waals surface area contributed by atoms with Crippen LogP contribution in [0.2, 0.25) is 0 Å². The van der Waals surface area contributed by atoms with E-state index >= 15 is 0 Å². The molecule has 158 valence electrons. The van der Waals surface area contributed by atoms with E-state index < -0.39 is 41.2 Å². The van der Waals surface area contributed by atoms with Crippen LogP contribution in [0.4, 0.5) is 33.5 Å². The van der Waals surface area contributed by atoms with Gasteiger partial charge in [-0.1, -0.05) is 6.07 Å².